The van der Waals surface area contributed by atoms with E-state index in [9.17, 15) is 4.79 Å². The Balaban J connectivity index is 1.94. The fourth-order valence-electron chi connectivity index (χ4n) is 2.14. The van der Waals surface area contributed by atoms with Crippen LogP contribution in [0.1, 0.15) is 12.7 Å². The van der Waals surface area contributed by atoms with Gasteiger partial charge in [-0.2, -0.15) is 0 Å². The number of carbonyl (C=O) groups is 1. The van der Waals surface area contributed by atoms with Gasteiger partial charge in [0.25, 0.3) is 0 Å². The number of carbonyl (C=O) groups excluding carboxylic acids is 1. The van der Waals surface area contributed by atoms with Crippen molar-refractivity contribution < 1.29 is 9.21 Å². The summed E-state index contributed by atoms with van der Waals surface area (Å²) < 4.78 is 5.23. The minimum absolute atomic E-state index is 0.111. The van der Waals surface area contributed by atoms with Crippen molar-refractivity contribution in [2.75, 3.05) is 20.1 Å². The summed E-state index contributed by atoms with van der Waals surface area (Å²) in [5.74, 6) is 1.56. The Labute approximate surface area is 95.6 Å². The van der Waals surface area contributed by atoms with Crippen LogP contribution in [0.5, 0.6) is 0 Å². The van der Waals surface area contributed by atoms with E-state index in [-0.39, 0.29) is 11.8 Å². The molecule has 0 aromatic carbocycles. The van der Waals surface area contributed by atoms with Gasteiger partial charge in [0.2, 0.25) is 5.91 Å². The molecule has 2 unspecified atom stereocenters. The van der Waals surface area contributed by atoms with Gasteiger partial charge >= 0.3 is 0 Å². The third kappa shape index (κ3) is 2.27. The van der Waals surface area contributed by atoms with Gasteiger partial charge in [0.15, 0.2) is 0 Å². The van der Waals surface area contributed by atoms with Gasteiger partial charge in [-0.1, -0.05) is 6.92 Å². The average molecular weight is 222 g/mol. The number of hydrogen-bond donors (Lipinski definition) is 1. The smallest absolute Gasteiger partial charge is 0.227 e. The van der Waals surface area contributed by atoms with E-state index < -0.39 is 0 Å². The first-order valence-corrected chi connectivity index (χ1v) is 5.66. The Morgan fingerprint density at radius 1 is 1.62 bits per heavy atom. The molecule has 88 valence electrons. The van der Waals surface area contributed by atoms with Gasteiger partial charge < -0.3 is 14.6 Å². The average Bonchev–Trinajstić information content (AvgIpc) is 2.88. The van der Waals surface area contributed by atoms with Crippen LogP contribution in [0, 0.1) is 11.8 Å². The molecule has 1 amide bonds. The molecule has 1 fully saturated rings. The van der Waals surface area contributed by atoms with Crippen molar-refractivity contribution in [2.45, 2.75) is 13.5 Å². The molecule has 1 aromatic rings. The lowest BCUT2D eigenvalue weighted by Gasteiger charge is -2.21. The summed E-state index contributed by atoms with van der Waals surface area (Å²) in [6.45, 7) is 4.39. The maximum Gasteiger partial charge on any atom is 0.227 e. The van der Waals surface area contributed by atoms with Gasteiger partial charge in [-0.15, -0.1) is 0 Å². The van der Waals surface area contributed by atoms with Crippen LogP contribution in [0.2, 0.25) is 0 Å². The fourth-order valence-corrected chi connectivity index (χ4v) is 2.14. The van der Waals surface area contributed by atoms with Crippen molar-refractivity contribution >= 4 is 5.91 Å². The Hall–Kier alpha value is -1.29. The van der Waals surface area contributed by atoms with Gasteiger partial charge in [0.05, 0.1) is 18.7 Å². The van der Waals surface area contributed by atoms with Gasteiger partial charge in [-0.25, -0.2) is 0 Å². The standard InChI is InChI=1S/C12H18N2O2/c1-9-6-13-7-11(9)12(15)14(2)8-10-4-3-5-16-10/h3-5,9,11,13H,6-8H2,1-2H3. The van der Waals surface area contributed by atoms with Crippen molar-refractivity contribution in [3.8, 4) is 0 Å². The Morgan fingerprint density at radius 3 is 3.00 bits per heavy atom. The first-order chi connectivity index (χ1) is 7.68. The number of rotatable bonds is 3. The molecule has 2 heterocycles. The minimum Gasteiger partial charge on any atom is -0.467 e. The highest BCUT2D eigenvalue weighted by atomic mass is 16.3. The summed E-state index contributed by atoms with van der Waals surface area (Å²) in [5.41, 5.74) is 0. The lowest BCUT2D eigenvalue weighted by molar-refractivity contribution is -0.135. The maximum absolute atomic E-state index is 12.1. The molecule has 1 N–H and O–H groups in total. The molecule has 4 nitrogen and oxygen atoms in total. The zero-order valence-electron chi connectivity index (χ0n) is 9.77. The van der Waals surface area contributed by atoms with Gasteiger partial charge in [-0.05, 0) is 24.6 Å². The lowest BCUT2D eigenvalue weighted by atomic mass is 9.97. The lowest BCUT2D eigenvalue weighted by Crippen LogP contribution is -2.35. The van der Waals surface area contributed by atoms with E-state index in [1.807, 2.05) is 19.2 Å². The van der Waals surface area contributed by atoms with Crippen molar-refractivity contribution in [3.63, 3.8) is 0 Å². The van der Waals surface area contributed by atoms with Crippen LogP contribution in [0.4, 0.5) is 0 Å². The molecular weight excluding hydrogens is 204 g/mol. The summed E-state index contributed by atoms with van der Waals surface area (Å²) in [7, 11) is 1.83. The van der Waals surface area contributed by atoms with Gasteiger partial charge in [0, 0.05) is 13.6 Å². The van der Waals surface area contributed by atoms with Crippen molar-refractivity contribution in [3.05, 3.63) is 24.2 Å². The molecule has 2 atom stereocenters. The van der Waals surface area contributed by atoms with Crippen LogP contribution >= 0.6 is 0 Å². The Bertz CT molecular complexity index is 348. The summed E-state index contributed by atoms with van der Waals surface area (Å²) in [4.78, 5) is 13.9. The number of nitrogens with zero attached hydrogens (tertiary/aromatic N) is 1. The second-order valence-corrected chi connectivity index (χ2v) is 4.52. The summed E-state index contributed by atoms with van der Waals surface area (Å²) >= 11 is 0. The SMILES string of the molecule is CC1CNCC1C(=O)N(C)Cc1ccco1. The molecule has 0 aliphatic carbocycles. The molecule has 1 saturated heterocycles. The van der Waals surface area contributed by atoms with Gasteiger partial charge in [-0.3, -0.25) is 4.79 Å². The number of nitrogens with one attached hydrogen (secondary N) is 1. The van der Waals surface area contributed by atoms with Crippen LogP contribution in [0.25, 0.3) is 0 Å². The Morgan fingerprint density at radius 2 is 2.44 bits per heavy atom. The van der Waals surface area contributed by atoms with Crippen LogP contribution in [-0.4, -0.2) is 30.9 Å². The first-order valence-electron chi connectivity index (χ1n) is 5.66. The van der Waals surface area contributed by atoms with Crippen LogP contribution in [-0.2, 0) is 11.3 Å². The monoisotopic (exact) mass is 222 g/mol. The zero-order valence-corrected chi connectivity index (χ0v) is 9.77. The van der Waals surface area contributed by atoms with Gasteiger partial charge in [0.1, 0.15) is 5.76 Å². The van der Waals surface area contributed by atoms with E-state index >= 15 is 0 Å². The second kappa shape index (κ2) is 4.70. The molecule has 1 aliphatic heterocycles. The van der Waals surface area contributed by atoms with Crippen molar-refractivity contribution in [2.24, 2.45) is 11.8 Å². The molecule has 16 heavy (non-hydrogen) atoms. The van der Waals surface area contributed by atoms with E-state index in [0.29, 0.717) is 12.5 Å². The highest BCUT2D eigenvalue weighted by Crippen LogP contribution is 2.19. The summed E-state index contributed by atoms with van der Waals surface area (Å²) in [6.07, 6.45) is 1.63. The molecule has 1 aromatic heterocycles. The fraction of sp³-hybridized carbons (Fsp3) is 0.583. The van der Waals surface area contributed by atoms with E-state index in [1.54, 1.807) is 11.2 Å². The summed E-state index contributed by atoms with van der Waals surface area (Å²) in [5, 5.41) is 3.25. The molecule has 0 bridgehead atoms. The molecular formula is C12H18N2O2. The zero-order chi connectivity index (χ0) is 11.5. The predicted molar refractivity (Wildman–Crippen MR) is 60.7 cm³/mol. The van der Waals surface area contributed by atoms with E-state index in [2.05, 4.69) is 12.2 Å². The quantitative estimate of drug-likeness (QED) is 0.832. The highest BCUT2D eigenvalue weighted by molar-refractivity contribution is 5.79. The molecule has 0 radical (unpaired) electrons. The highest BCUT2D eigenvalue weighted by Gasteiger charge is 2.31. The number of amides is 1. The van der Waals surface area contributed by atoms with Crippen LogP contribution in [0.3, 0.4) is 0 Å². The molecule has 0 saturated carbocycles. The van der Waals surface area contributed by atoms with Crippen LogP contribution < -0.4 is 5.32 Å². The molecule has 4 heteroatoms. The van der Waals surface area contributed by atoms with Crippen molar-refractivity contribution in [1.29, 1.82) is 0 Å². The third-order valence-electron chi connectivity index (χ3n) is 3.18. The summed E-state index contributed by atoms with van der Waals surface area (Å²) in [6, 6.07) is 3.73. The predicted octanol–water partition coefficient (Wildman–Crippen LogP) is 1.09. The topological polar surface area (TPSA) is 45.5 Å². The normalized spacial score (nSPS) is 24.6. The van der Waals surface area contributed by atoms with Crippen LogP contribution in [0.15, 0.2) is 22.8 Å². The van der Waals surface area contributed by atoms with E-state index in [4.69, 9.17) is 4.42 Å². The maximum atomic E-state index is 12.1. The van der Waals surface area contributed by atoms with E-state index in [0.717, 1.165) is 18.8 Å². The molecule has 1 aliphatic rings. The largest absolute Gasteiger partial charge is 0.467 e. The van der Waals surface area contributed by atoms with E-state index in [1.165, 1.54) is 0 Å². The van der Waals surface area contributed by atoms with Crippen molar-refractivity contribution in [1.82, 2.24) is 10.2 Å². The Kier molecular flexibility index (Phi) is 3.29. The first kappa shape index (κ1) is 11.2. The number of furan rings is 1. The minimum atomic E-state index is 0.111. The molecule has 0 spiro atoms. The third-order valence-corrected chi connectivity index (χ3v) is 3.18. The molecule has 2 rings (SSSR count). The number of hydrogen-bond acceptors (Lipinski definition) is 3. The second-order valence-electron chi connectivity index (χ2n) is 4.52.